The van der Waals surface area contributed by atoms with E-state index in [4.69, 9.17) is 9.47 Å². The van der Waals surface area contributed by atoms with E-state index in [0.717, 1.165) is 18.4 Å². The highest BCUT2D eigenvalue weighted by Gasteiger charge is 2.53. The molecule has 1 aliphatic carbocycles. The van der Waals surface area contributed by atoms with Gasteiger partial charge in [0.15, 0.2) is 0 Å². The van der Waals surface area contributed by atoms with E-state index in [1.54, 1.807) is 11.8 Å². The standard InChI is InChI=1S/C19H25NO4/c1-3-23-18(21)17-15-10-9-13(2)16(15)11-20(17)19(22)24-12-14-7-5-4-6-8-14/h4-8,13,15-17H,3,9-12H2,1-2H3/t13-,15-,16+,17?/m0/s1. The number of nitrogens with zero attached hydrogens (tertiary/aromatic N) is 1. The summed E-state index contributed by atoms with van der Waals surface area (Å²) in [6.45, 7) is 5.13. The molecule has 3 rings (SSSR count). The molecule has 130 valence electrons. The first-order valence-corrected chi connectivity index (χ1v) is 8.75. The topological polar surface area (TPSA) is 55.8 Å². The molecular formula is C19H25NO4. The second-order valence-electron chi connectivity index (χ2n) is 6.77. The van der Waals surface area contributed by atoms with Crippen molar-refractivity contribution in [3.05, 3.63) is 35.9 Å². The molecule has 2 aliphatic rings. The maximum atomic E-state index is 12.6. The van der Waals surface area contributed by atoms with E-state index in [2.05, 4.69) is 6.92 Å². The molecule has 1 saturated carbocycles. The number of esters is 1. The lowest BCUT2D eigenvalue weighted by atomic mass is 9.90. The Bertz CT molecular complexity index is 588. The zero-order chi connectivity index (χ0) is 17.1. The predicted molar refractivity (Wildman–Crippen MR) is 89.1 cm³/mol. The molecule has 0 radical (unpaired) electrons. The summed E-state index contributed by atoms with van der Waals surface area (Å²) in [6, 6.07) is 9.07. The van der Waals surface area contributed by atoms with Crippen LogP contribution in [-0.2, 0) is 20.9 Å². The van der Waals surface area contributed by atoms with Gasteiger partial charge in [0.2, 0.25) is 0 Å². The van der Waals surface area contributed by atoms with Gasteiger partial charge in [-0.15, -0.1) is 0 Å². The minimum atomic E-state index is -0.497. The quantitative estimate of drug-likeness (QED) is 0.795. The summed E-state index contributed by atoms with van der Waals surface area (Å²) in [5, 5.41) is 0. The van der Waals surface area contributed by atoms with E-state index < -0.39 is 12.1 Å². The molecule has 5 nitrogen and oxygen atoms in total. The van der Waals surface area contributed by atoms with Crippen LogP contribution in [0.2, 0.25) is 0 Å². The van der Waals surface area contributed by atoms with Crippen LogP contribution in [-0.4, -0.2) is 36.2 Å². The van der Waals surface area contributed by atoms with Crippen LogP contribution in [0.5, 0.6) is 0 Å². The van der Waals surface area contributed by atoms with Crippen LogP contribution < -0.4 is 0 Å². The molecule has 1 unspecified atom stereocenters. The van der Waals surface area contributed by atoms with E-state index in [1.165, 1.54) is 0 Å². The van der Waals surface area contributed by atoms with Crippen molar-refractivity contribution in [3.8, 4) is 0 Å². The van der Waals surface area contributed by atoms with Crippen LogP contribution in [0.25, 0.3) is 0 Å². The molecule has 0 aromatic heterocycles. The van der Waals surface area contributed by atoms with E-state index in [9.17, 15) is 9.59 Å². The van der Waals surface area contributed by atoms with Crippen LogP contribution in [0.4, 0.5) is 4.79 Å². The minimum Gasteiger partial charge on any atom is -0.464 e. The van der Waals surface area contributed by atoms with Gasteiger partial charge in [-0.05, 0) is 36.7 Å². The highest BCUT2D eigenvalue weighted by Crippen LogP contribution is 2.46. The number of benzene rings is 1. The van der Waals surface area contributed by atoms with Crippen LogP contribution in [0.3, 0.4) is 0 Å². The molecule has 4 atom stereocenters. The highest BCUT2D eigenvalue weighted by molar-refractivity contribution is 5.82. The molecule has 1 aromatic rings. The molecule has 1 saturated heterocycles. The first kappa shape index (κ1) is 16.8. The zero-order valence-electron chi connectivity index (χ0n) is 14.3. The van der Waals surface area contributed by atoms with Gasteiger partial charge in [-0.25, -0.2) is 9.59 Å². The predicted octanol–water partition coefficient (Wildman–Crippen LogP) is 3.23. The van der Waals surface area contributed by atoms with Crippen molar-refractivity contribution in [2.24, 2.45) is 17.8 Å². The van der Waals surface area contributed by atoms with Gasteiger partial charge in [0.25, 0.3) is 0 Å². The smallest absolute Gasteiger partial charge is 0.410 e. The normalized spacial score (nSPS) is 28.5. The molecular weight excluding hydrogens is 306 g/mol. The second kappa shape index (κ2) is 7.24. The third kappa shape index (κ3) is 3.25. The van der Waals surface area contributed by atoms with Crippen LogP contribution in [0.1, 0.15) is 32.3 Å². The third-order valence-electron chi connectivity index (χ3n) is 5.35. The van der Waals surface area contributed by atoms with Gasteiger partial charge in [0.1, 0.15) is 12.6 Å². The van der Waals surface area contributed by atoms with Gasteiger partial charge in [0, 0.05) is 6.54 Å². The highest BCUT2D eigenvalue weighted by atomic mass is 16.6. The number of carbonyl (C=O) groups is 2. The van der Waals surface area contributed by atoms with Gasteiger partial charge < -0.3 is 9.47 Å². The molecule has 0 N–H and O–H groups in total. The van der Waals surface area contributed by atoms with Crippen molar-refractivity contribution >= 4 is 12.1 Å². The number of ether oxygens (including phenoxy) is 2. The van der Waals surface area contributed by atoms with Gasteiger partial charge in [0.05, 0.1) is 6.61 Å². The van der Waals surface area contributed by atoms with E-state index in [0.29, 0.717) is 25.0 Å². The molecule has 5 heteroatoms. The average Bonchev–Trinajstić information content (AvgIpc) is 3.14. The van der Waals surface area contributed by atoms with Gasteiger partial charge in [-0.2, -0.15) is 0 Å². The van der Waals surface area contributed by atoms with Crippen LogP contribution in [0, 0.1) is 17.8 Å². The van der Waals surface area contributed by atoms with E-state index in [-0.39, 0.29) is 18.5 Å². The van der Waals surface area contributed by atoms with E-state index >= 15 is 0 Å². The number of hydrogen-bond donors (Lipinski definition) is 0. The summed E-state index contributed by atoms with van der Waals surface area (Å²) in [7, 11) is 0. The minimum absolute atomic E-state index is 0.198. The summed E-state index contributed by atoms with van der Waals surface area (Å²) in [5.74, 6) is 0.793. The number of amides is 1. The molecule has 0 bridgehead atoms. The summed E-state index contributed by atoms with van der Waals surface area (Å²) in [4.78, 5) is 26.6. The third-order valence-corrected chi connectivity index (χ3v) is 5.35. The van der Waals surface area contributed by atoms with Gasteiger partial charge in [-0.1, -0.05) is 43.7 Å². The molecule has 1 heterocycles. The maximum absolute atomic E-state index is 12.6. The molecule has 24 heavy (non-hydrogen) atoms. The number of likely N-dealkylation sites (tertiary alicyclic amines) is 1. The Balaban J connectivity index is 1.69. The van der Waals surface area contributed by atoms with Crippen molar-refractivity contribution in [1.29, 1.82) is 0 Å². The Labute approximate surface area is 142 Å². The van der Waals surface area contributed by atoms with Crippen LogP contribution >= 0.6 is 0 Å². The van der Waals surface area contributed by atoms with Gasteiger partial charge >= 0.3 is 12.1 Å². The van der Waals surface area contributed by atoms with Crippen molar-refractivity contribution in [3.63, 3.8) is 0 Å². The number of rotatable bonds is 4. The van der Waals surface area contributed by atoms with Crippen molar-refractivity contribution < 1.29 is 19.1 Å². The SMILES string of the molecule is CCOC(=O)C1[C@H]2CC[C@H](C)[C@H]2CN1C(=O)OCc1ccccc1. The fraction of sp³-hybridized carbons (Fsp3) is 0.579. The number of fused-ring (bicyclic) bond motifs is 1. The fourth-order valence-corrected chi connectivity index (χ4v) is 4.10. The number of hydrogen-bond acceptors (Lipinski definition) is 4. The van der Waals surface area contributed by atoms with Gasteiger partial charge in [-0.3, -0.25) is 4.90 Å². The lowest BCUT2D eigenvalue weighted by Crippen LogP contribution is -2.44. The Hall–Kier alpha value is -2.04. The molecule has 1 aromatic carbocycles. The van der Waals surface area contributed by atoms with Crippen molar-refractivity contribution in [1.82, 2.24) is 4.90 Å². The van der Waals surface area contributed by atoms with E-state index in [1.807, 2.05) is 30.3 Å². The lowest BCUT2D eigenvalue weighted by Gasteiger charge is -2.25. The monoisotopic (exact) mass is 331 g/mol. The Morgan fingerprint density at radius 3 is 2.58 bits per heavy atom. The largest absolute Gasteiger partial charge is 0.464 e. The second-order valence-corrected chi connectivity index (χ2v) is 6.77. The first-order chi connectivity index (χ1) is 11.6. The molecule has 1 amide bonds. The summed E-state index contributed by atoms with van der Waals surface area (Å²) < 4.78 is 10.7. The Morgan fingerprint density at radius 1 is 1.12 bits per heavy atom. The van der Waals surface area contributed by atoms with Crippen molar-refractivity contribution in [2.75, 3.05) is 13.2 Å². The van der Waals surface area contributed by atoms with Crippen LogP contribution in [0.15, 0.2) is 30.3 Å². The number of carbonyl (C=O) groups excluding carboxylic acids is 2. The van der Waals surface area contributed by atoms with Crippen molar-refractivity contribution in [2.45, 2.75) is 39.3 Å². The molecule has 1 aliphatic heterocycles. The zero-order valence-corrected chi connectivity index (χ0v) is 14.3. The Morgan fingerprint density at radius 2 is 1.88 bits per heavy atom. The Kier molecular flexibility index (Phi) is 5.07. The average molecular weight is 331 g/mol. The lowest BCUT2D eigenvalue weighted by molar-refractivity contribution is -0.149. The molecule has 2 fully saturated rings. The molecule has 0 spiro atoms. The summed E-state index contributed by atoms with van der Waals surface area (Å²) in [6.07, 6.45) is 1.66. The summed E-state index contributed by atoms with van der Waals surface area (Å²) >= 11 is 0. The summed E-state index contributed by atoms with van der Waals surface area (Å²) in [5.41, 5.74) is 0.936. The first-order valence-electron chi connectivity index (χ1n) is 8.75. The maximum Gasteiger partial charge on any atom is 0.410 e. The fourth-order valence-electron chi connectivity index (χ4n) is 4.10.